The fourth-order valence-electron chi connectivity index (χ4n) is 3.51. The Morgan fingerprint density at radius 3 is 2.50 bits per heavy atom. The summed E-state index contributed by atoms with van der Waals surface area (Å²) in [4.78, 5) is 40.1. The van der Waals surface area contributed by atoms with Crippen LogP contribution < -0.4 is 10.6 Å². The Hall–Kier alpha value is -3.00. The maximum Gasteiger partial charge on any atom is 0.262 e. The zero-order valence-electron chi connectivity index (χ0n) is 16.5. The number of benzene rings is 1. The third-order valence-electron chi connectivity index (χ3n) is 5.12. The molecular weight excluding hydrogens is 405 g/mol. The molecule has 1 aliphatic rings. The average Bonchev–Trinajstić information content (AvgIpc) is 3.31. The number of nitrogens with one attached hydrogen (secondary N) is 2. The number of carbonyl (C=O) groups excluding carboxylic acids is 3. The van der Waals surface area contributed by atoms with Crippen LogP contribution in [0.5, 0.6) is 0 Å². The molecule has 1 aromatic carbocycles. The SMILES string of the molecule is C=CCNC(=O)[C@H](NC(=O)c1cccs1)C1CCN(C(=O)c2ccc(F)cc2)CC1. The lowest BCUT2D eigenvalue weighted by molar-refractivity contribution is -0.124. The Balaban J connectivity index is 1.65. The van der Waals surface area contributed by atoms with Gasteiger partial charge >= 0.3 is 0 Å². The van der Waals surface area contributed by atoms with Crippen molar-refractivity contribution in [2.45, 2.75) is 18.9 Å². The van der Waals surface area contributed by atoms with Crippen molar-refractivity contribution in [2.75, 3.05) is 19.6 Å². The van der Waals surface area contributed by atoms with Gasteiger partial charge in [-0.2, -0.15) is 0 Å². The number of likely N-dealkylation sites (tertiary alicyclic amines) is 1. The van der Waals surface area contributed by atoms with Crippen LogP contribution in [0.25, 0.3) is 0 Å². The van der Waals surface area contributed by atoms with Crippen LogP contribution in [0.3, 0.4) is 0 Å². The maximum absolute atomic E-state index is 13.1. The Labute approximate surface area is 178 Å². The van der Waals surface area contributed by atoms with Crippen LogP contribution >= 0.6 is 11.3 Å². The van der Waals surface area contributed by atoms with E-state index in [0.717, 1.165) is 0 Å². The van der Waals surface area contributed by atoms with Gasteiger partial charge in [0.1, 0.15) is 11.9 Å². The summed E-state index contributed by atoms with van der Waals surface area (Å²) in [7, 11) is 0. The quantitative estimate of drug-likeness (QED) is 0.665. The molecule has 30 heavy (non-hydrogen) atoms. The molecule has 0 spiro atoms. The minimum Gasteiger partial charge on any atom is -0.351 e. The van der Waals surface area contributed by atoms with Crippen molar-refractivity contribution in [3.63, 3.8) is 0 Å². The third kappa shape index (κ3) is 5.33. The fraction of sp³-hybridized carbons (Fsp3) is 0.318. The lowest BCUT2D eigenvalue weighted by atomic mass is 9.88. The molecule has 2 heterocycles. The standard InChI is InChI=1S/C22H24FN3O3S/c1-2-11-24-21(28)19(25-20(27)18-4-3-14-30-18)15-9-12-26(13-10-15)22(29)16-5-7-17(23)8-6-16/h2-8,14-15,19H,1,9-13H2,(H,24,28)(H,25,27)/t19-/m1/s1. The van der Waals surface area contributed by atoms with Gasteiger partial charge in [-0.3, -0.25) is 14.4 Å². The zero-order valence-corrected chi connectivity index (χ0v) is 17.3. The maximum atomic E-state index is 13.1. The van der Waals surface area contributed by atoms with Crippen LogP contribution in [0.4, 0.5) is 4.39 Å². The molecule has 8 heteroatoms. The Morgan fingerprint density at radius 2 is 1.90 bits per heavy atom. The number of carbonyl (C=O) groups is 3. The summed E-state index contributed by atoms with van der Waals surface area (Å²) in [6, 6.07) is 8.27. The summed E-state index contributed by atoms with van der Waals surface area (Å²) in [5.41, 5.74) is 0.432. The molecule has 1 aliphatic heterocycles. The largest absolute Gasteiger partial charge is 0.351 e. The van der Waals surface area contributed by atoms with Gasteiger partial charge in [-0.25, -0.2) is 4.39 Å². The lowest BCUT2D eigenvalue weighted by Gasteiger charge is -2.35. The van der Waals surface area contributed by atoms with Crippen LogP contribution in [0, 0.1) is 11.7 Å². The molecule has 6 nitrogen and oxygen atoms in total. The first-order chi connectivity index (χ1) is 14.5. The molecule has 0 bridgehead atoms. The number of hydrogen-bond donors (Lipinski definition) is 2. The molecule has 0 aliphatic carbocycles. The van der Waals surface area contributed by atoms with Gasteiger partial charge in [-0.15, -0.1) is 17.9 Å². The van der Waals surface area contributed by atoms with E-state index in [9.17, 15) is 18.8 Å². The molecular formula is C22H24FN3O3S. The molecule has 0 unspecified atom stereocenters. The second-order valence-electron chi connectivity index (χ2n) is 7.10. The van der Waals surface area contributed by atoms with Crippen LogP contribution in [-0.2, 0) is 4.79 Å². The number of thiophene rings is 1. The molecule has 0 saturated carbocycles. The number of rotatable bonds is 7. The van der Waals surface area contributed by atoms with Crippen LogP contribution in [-0.4, -0.2) is 48.3 Å². The first-order valence-corrected chi connectivity index (χ1v) is 10.7. The van der Waals surface area contributed by atoms with Gasteiger partial charge in [-0.05, 0) is 54.5 Å². The van der Waals surface area contributed by atoms with Crippen LogP contribution in [0.1, 0.15) is 32.9 Å². The molecule has 1 fully saturated rings. The van der Waals surface area contributed by atoms with Gasteiger partial charge in [0, 0.05) is 25.2 Å². The van der Waals surface area contributed by atoms with Crippen molar-refractivity contribution in [1.29, 1.82) is 0 Å². The second kappa shape index (κ2) is 10.2. The van der Waals surface area contributed by atoms with Gasteiger partial charge in [0.15, 0.2) is 0 Å². The minimum absolute atomic E-state index is 0.101. The van der Waals surface area contributed by atoms with Gasteiger partial charge in [0.05, 0.1) is 4.88 Å². The van der Waals surface area contributed by atoms with E-state index in [0.29, 0.717) is 42.9 Å². The number of nitrogens with zero attached hydrogens (tertiary/aromatic N) is 1. The molecule has 2 aromatic rings. The van der Waals surface area contributed by atoms with E-state index >= 15 is 0 Å². The third-order valence-corrected chi connectivity index (χ3v) is 5.99. The van der Waals surface area contributed by atoms with Crippen molar-refractivity contribution in [3.05, 3.63) is 70.7 Å². The van der Waals surface area contributed by atoms with Gasteiger partial charge in [0.25, 0.3) is 11.8 Å². The smallest absolute Gasteiger partial charge is 0.262 e. The molecule has 158 valence electrons. The van der Waals surface area contributed by atoms with Crippen molar-refractivity contribution in [1.82, 2.24) is 15.5 Å². The van der Waals surface area contributed by atoms with E-state index in [2.05, 4.69) is 17.2 Å². The van der Waals surface area contributed by atoms with E-state index in [1.807, 2.05) is 0 Å². The summed E-state index contributed by atoms with van der Waals surface area (Å²) in [5.74, 6) is -1.20. The minimum atomic E-state index is -0.692. The van der Waals surface area contributed by atoms with Gasteiger partial charge in [0.2, 0.25) is 5.91 Å². The summed E-state index contributed by atoms with van der Waals surface area (Å²) in [6.45, 7) is 4.83. The highest BCUT2D eigenvalue weighted by atomic mass is 32.1. The zero-order chi connectivity index (χ0) is 21.5. The van der Waals surface area contributed by atoms with E-state index in [1.165, 1.54) is 35.6 Å². The predicted octanol–water partition coefficient (Wildman–Crippen LogP) is 2.84. The number of halogens is 1. The Morgan fingerprint density at radius 1 is 1.20 bits per heavy atom. The average molecular weight is 430 g/mol. The molecule has 2 N–H and O–H groups in total. The highest BCUT2D eigenvalue weighted by Crippen LogP contribution is 2.23. The monoisotopic (exact) mass is 429 g/mol. The second-order valence-corrected chi connectivity index (χ2v) is 8.05. The van der Waals surface area contributed by atoms with E-state index < -0.39 is 6.04 Å². The highest BCUT2D eigenvalue weighted by molar-refractivity contribution is 7.12. The predicted molar refractivity (Wildman–Crippen MR) is 114 cm³/mol. The van der Waals surface area contributed by atoms with Crippen molar-refractivity contribution in [2.24, 2.45) is 5.92 Å². The fourth-order valence-corrected chi connectivity index (χ4v) is 4.14. The molecule has 1 aromatic heterocycles. The van der Waals surface area contributed by atoms with E-state index in [4.69, 9.17) is 0 Å². The number of amides is 3. The normalized spacial score (nSPS) is 15.3. The van der Waals surface area contributed by atoms with Crippen LogP contribution in [0.2, 0.25) is 0 Å². The molecule has 1 saturated heterocycles. The van der Waals surface area contributed by atoms with E-state index in [-0.39, 0.29) is 29.5 Å². The highest BCUT2D eigenvalue weighted by Gasteiger charge is 2.34. The van der Waals surface area contributed by atoms with Gasteiger partial charge in [-0.1, -0.05) is 12.1 Å². The first-order valence-electron chi connectivity index (χ1n) is 9.77. The first kappa shape index (κ1) is 21.7. The Kier molecular flexibility index (Phi) is 7.35. The van der Waals surface area contributed by atoms with Crippen molar-refractivity contribution < 1.29 is 18.8 Å². The Bertz CT molecular complexity index is 891. The molecule has 3 rings (SSSR count). The summed E-state index contributed by atoms with van der Waals surface area (Å²) < 4.78 is 13.1. The lowest BCUT2D eigenvalue weighted by Crippen LogP contribution is -2.53. The number of piperidine rings is 1. The van der Waals surface area contributed by atoms with Crippen molar-refractivity contribution >= 4 is 29.1 Å². The topological polar surface area (TPSA) is 78.5 Å². The summed E-state index contributed by atoms with van der Waals surface area (Å²) in [6.07, 6.45) is 2.73. The van der Waals surface area contributed by atoms with Gasteiger partial charge < -0.3 is 15.5 Å². The van der Waals surface area contributed by atoms with Crippen LogP contribution in [0.15, 0.2) is 54.4 Å². The summed E-state index contributed by atoms with van der Waals surface area (Å²) in [5, 5.41) is 7.43. The molecule has 0 radical (unpaired) electrons. The van der Waals surface area contributed by atoms with E-state index in [1.54, 1.807) is 28.5 Å². The molecule has 3 amide bonds. The number of hydrogen-bond acceptors (Lipinski definition) is 4. The molecule has 1 atom stereocenters. The van der Waals surface area contributed by atoms with Crippen molar-refractivity contribution in [3.8, 4) is 0 Å². The summed E-state index contributed by atoms with van der Waals surface area (Å²) >= 11 is 1.31.